The molecule has 0 saturated carbocycles. The monoisotopic (exact) mass is 153 g/mol. The van der Waals surface area contributed by atoms with E-state index in [1.807, 2.05) is 6.07 Å². The molecule has 4 nitrogen and oxygen atoms in total. The average molecular weight is 153 g/mol. The predicted molar refractivity (Wildman–Crippen MR) is 41.6 cm³/mol. The standard InChI is InChI=1S/C7H11N3O/c1-2-8-9-7(1)10-3-5-11-6-4-10/h1-2H,3-6H2,(H,8,9). The van der Waals surface area contributed by atoms with Gasteiger partial charge in [0, 0.05) is 19.2 Å². The van der Waals surface area contributed by atoms with Gasteiger partial charge in [0.05, 0.1) is 19.4 Å². The Labute approximate surface area is 65.2 Å². The van der Waals surface area contributed by atoms with Gasteiger partial charge in [-0.2, -0.15) is 5.10 Å². The Hall–Kier alpha value is -1.03. The number of nitrogens with one attached hydrogen (secondary N) is 1. The number of ether oxygens (including phenoxy) is 1. The van der Waals surface area contributed by atoms with Crippen molar-refractivity contribution in [1.29, 1.82) is 0 Å². The molecule has 1 saturated heterocycles. The van der Waals surface area contributed by atoms with Gasteiger partial charge in [-0.25, -0.2) is 0 Å². The number of aromatic amines is 1. The van der Waals surface area contributed by atoms with Crippen LogP contribution in [0.4, 0.5) is 5.82 Å². The van der Waals surface area contributed by atoms with E-state index < -0.39 is 0 Å². The van der Waals surface area contributed by atoms with Crippen LogP contribution >= 0.6 is 0 Å². The van der Waals surface area contributed by atoms with Gasteiger partial charge < -0.3 is 9.64 Å². The molecule has 11 heavy (non-hydrogen) atoms. The summed E-state index contributed by atoms with van der Waals surface area (Å²) in [6.45, 7) is 3.56. The lowest BCUT2D eigenvalue weighted by atomic mass is 10.4. The Kier molecular flexibility index (Phi) is 1.77. The maximum atomic E-state index is 5.22. The first-order valence-corrected chi connectivity index (χ1v) is 3.79. The molecule has 0 atom stereocenters. The first kappa shape index (κ1) is 6.67. The van der Waals surface area contributed by atoms with Crippen LogP contribution in [0, 0.1) is 0 Å². The fourth-order valence-corrected chi connectivity index (χ4v) is 1.23. The van der Waals surface area contributed by atoms with Gasteiger partial charge in [0.15, 0.2) is 0 Å². The molecular formula is C7H11N3O. The summed E-state index contributed by atoms with van der Waals surface area (Å²) in [7, 11) is 0. The first-order valence-electron chi connectivity index (χ1n) is 3.79. The SMILES string of the molecule is c1cc(N2CCOCC2)[nH]n1. The molecule has 0 amide bonds. The number of anilines is 1. The second-order valence-electron chi connectivity index (χ2n) is 2.54. The fraction of sp³-hybridized carbons (Fsp3) is 0.571. The molecule has 0 radical (unpaired) electrons. The summed E-state index contributed by atoms with van der Waals surface area (Å²) in [4.78, 5) is 2.23. The van der Waals surface area contributed by atoms with E-state index in [1.54, 1.807) is 6.20 Å². The lowest BCUT2D eigenvalue weighted by Crippen LogP contribution is -2.36. The summed E-state index contributed by atoms with van der Waals surface area (Å²) in [6.07, 6.45) is 1.77. The van der Waals surface area contributed by atoms with Crippen molar-refractivity contribution < 1.29 is 4.74 Å². The van der Waals surface area contributed by atoms with Gasteiger partial charge in [-0.05, 0) is 0 Å². The van der Waals surface area contributed by atoms with Crippen LogP contribution in [0.15, 0.2) is 12.3 Å². The third kappa shape index (κ3) is 1.35. The Morgan fingerprint density at radius 2 is 2.27 bits per heavy atom. The Balaban J connectivity index is 2.04. The minimum Gasteiger partial charge on any atom is -0.378 e. The molecule has 0 aromatic carbocycles. The predicted octanol–water partition coefficient (Wildman–Crippen LogP) is 0.246. The smallest absolute Gasteiger partial charge is 0.124 e. The Morgan fingerprint density at radius 3 is 2.91 bits per heavy atom. The van der Waals surface area contributed by atoms with Gasteiger partial charge in [-0.3, -0.25) is 5.10 Å². The molecule has 0 spiro atoms. The van der Waals surface area contributed by atoms with E-state index in [0.29, 0.717) is 0 Å². The molecular weight excluding hydrogens is 142 g/mol. The van der Waals surface area contributed by atoms with Crippen molar-refractivity contribution in [3.63, 3.8) is 0 Å². The molecule has 1 N–H and O–H groups in total. The number of hydrogen-bond acceptors (Lipinski definition) is 3. The number of nitrogens with zero attached hydrogens (tertiary/aromatic N) is 2. The van der Waals surface area contributed by atoms with E-state index in [0.717, 1.165) is 32.1 Å². The normalized spacial score (nSPS) is 18.7. The number of H-pyrrole nitrogens is 1. The van der Waals surface area contributed by atoms with Crippen molar-refractivity contribution in [2.45, 2.75) is 0 Å². The van der Waals surface area contributed by atoms with Crippen molar-refractivity contribution in [2.24, 2.45) is 0 Å². The van der Waals surface area contributed by atoms with Gasteiger partial charge >= 0.3 is 0 Å². The summed E-state index contributed by atoms with van der Waals surface area (Å²) in [5.74, 6) is 1.09. The zero-order valence-corrected chi connectivity index (χ0v) is 6.29. The number of rotatable bonds is 1. The van der Waals surface area contributed by atoms with E-state index in [-0.39, 0.29) is 0 Å². The van der Waals surface area contributed by atoms with Gasteiger partial charge in [-0.1, -0.05) is 0 Å². The zero-order valence-electron chi connectivity index (χ0n) is 6.29. The van der Waals surface area contributed by atoms with Crippen LogP contribution in [0.25, 0.3) is 0 Å². The molecule has 0 bridgehead atoms. The maximum absolute atomic E-state index is 5.22. The topological polar surface area (TPSA) is 41.1 Å². The lowest BCUT2D eigenvalue weighted by Gasteiger charge is -2.26. The number of morpholine rings is 1. The van der Waals surface area contributed by atoms with Crippen molar-refractivity contribution in [3.8, 4) is 0 Å². The van der Waals surface area contributed by atoms with Gasteiger partial charge in [-0.15, -0.1) is 0 Å². The molecule has 2 heterocycles. The lowest BCUT2D eigenvalue weighted by molar-refractivity contribution is 0.122. The van der Waals surface area contributed by atoms with Crippen LogP contribution < -0.4 is 4.90 Å². The maximum Gasteiger partial charge on any atom is 0.124 e. The second kappa shape index (κ2) is 2.92. The molecule has 1 aromatic heterocycles. The second-order valence-corrected chi connectivity index (χ2v) is 2.54. The van der Waals surface area contributed by atoms with Crippen LogP contribution in [0.3, 0.4) is 0 Å². The van der Waals surface area contributed by atoms with Gasteiger partial charge in [0.1, 0.15) is 5.82 Å². The minimum atomic E-state index is 0.818. The minimum absolute atomic E-state index is 0.818. The summed E-state index contributed by atoms with van der Waals surface area (Å²) < 4.78 is 5.22. The largest absolute Gasteiger partial charge is 0.378 e. The highest BCUT2D eigenvalue weighted by atomic mass is 16.5. The molecule has 60 valence electrons. The van der Waals surface area contributed by atoms with E-state index in [1.165, 1.54) is 0 Å². The van der Waals surface area contributed by atoms with Crippen LogP contribution in [-0.4, -0.2) is 36.5 Å². The van der Waals surface area contributed by atoms with Gasteiger partial charge in [0.2, 0.25) is 0 Å². The number of hydrogen-bond donors (Lipinski definition) is 1. The molecule has 4 heteroatoms. The van der Waals surface area contributed by atoms with Crippen LogP contribution in [-0.2, 0) is 4.74 Å². The summed E-state index contributed by atoms with van der Waals surface area (Å²) in [5.41, 5.74) is 0. The van der Waals surface area contributed by atoms with Crippen LogP contribution in [0.1, 0.15) is 0 Å². The molecule has 1 aliphatic rings. The molecule has 1 fully saturated rings. The average Bonchev–Trinajstić information content (AvgIpc) is 2.58. The van der Waals surface area contributed by atoms with Crippen LogP contribution in [0.5, 0.6) is 0 Å². The molecule has 1 aliphatic heterocycles. The molecule has 0 unspecified atom stereocenters. The van der Waals surface area contributed by atoms with Crippen LogP contribution in [0.2, 0.25) is 0 Å². The molecule has 1 aromatic rings. The van der Waals surface area contributed by atoms with E-state index in [4.69, 9.17) is 4.74 Å². The zero-order chi connectivity index (χ0) is 7.52. The third-order valence-electron chi connectivity index (χ3n) is 1.84. The van der Waals surface area contributed by atoms with Crippen molar-refractivity contribution in [2.75, 3.05) is 31.2 Å². The number of aromatic nitrogens is 2. The summed E-state index contributed by atoms with van der Waals surface area (Å²) >= 11 is 0. The third-order valence-corrected chi connectivity index (χ3v) is 1.84. The first-order chi connectivity index (χ1) is 5.47. The summed E-state index contributed by atoms with van der Waals surface area (Å²) in [5, 5.41) is 6.82. The van der Waals surface area contributed by atoms with Crippen molar-refractivity contribution >= 4 is 5.82 Å². The fourth-order valence-electron chi connectivity index (χ4n) is 1.23. The Morgan fingerprint density at radius 1 is 1.45 bits per heavy atom. The highest BCUT2D eigenvalue weighted by molar-refractivity contribution is 5.36. The van der Waals surface area contributed by atoms with E-state index in [9.17, 15) is 0 Å². The van der Waals surface area contributed by atoms with E-state index >= 15 is 0 Å². The quantitative estimate of drug-likeness (QED) is 0.628. The van der Waals surface area contributed by atoms with E-state index in [2.05, 4.69) is 15.1 Å². The molecule has 2 rings (SSSR count). The highest BCUT2D eigenvalue weighted by Crippen LogP contribution is 2.09. The summed E-state index contributed by atoms with van der Waals surface area (Å²) in [6, 6.07) is 1.98. The van der Waals surface area contributed by atoms with Crippen molar-refractivity contribution in [3.05, 3.63) is 12.3 Å². The van der Waals surface area contributed by atoms with Crippen molar-refractivity contribution in [1.82, 2.24) is 10.2 Å². The Bertz CT molecular complexity index is 203. The molecule has 0 aliphatic carbocycles. The van der Waals surface area contributed by atoms with Gasteiger partial charge in [0.25, 0.3) is 0 Å². The highest BCUT2D eigenvalue weighted by Gasteiger charge is 2.10.